The molecule has 4 rings (SSSR count). The maximum atomic E-state index is 12.5. The van der Waals surface area contributed by atoms with Crippen molar-refractivity contribution in [1.29, 1.82) is 0 Å². The minimum atomic E-state index is 0.00512. The Morgan fingerprint density at radius 3 is 2.19 bits per heavy atom. The standard InChI is InChI=1S/C20H27ClN6O3S/c1-14(28)24-4-8-26(9-5-24)18(29)13-31-20-22-16(21)12-17(23-20)25-6-10-27(11-7-25)19(30)15-2-3-15/h12,15H,2-11,13H2,1H3. The quantitative estimate of drug-likeness (QED) is 0.363. The monoisotopic (exact) mass is 466 g/mol. The van der Waals surface area contributed by atoms with Crippen LogP contribution in [0.4, 0.5) is 5.82 Å². The first kappa shape index (κ1) is 22.1. The summed E-state index contributed by atoms with van der Waals surface area (Å²) in [6.45, 7) is 6.55. The van der Waals surface area contributed by atoms with Crippen LogP contribution in [0.5, 0.6) is 0 Å². The molecule has 0 spiro atoms. The van der Waals surface area contributed by atoms with Crippen LogP contribution in [0.15, 0.2) is 11.2 Å². The lowest BCUT2D eigenvalue weighted by Gasteiger charge is -2.35. The van der Waals surface area contributed by atoms with Crippen molar-refractivity contribution in [2.75, 3.05) is 63.0 Å². The number of hydrogen-bond acceptors (Lipinski definition) is 7. The second-order valence-electron chi connectivity index (χ2n) is 8.09. The van der Waals surface area contributed by atoms with E-state index in [2.05, 4.69) is 14.9 Å². The van der Waals surface area contributed by atoms with Crippen molar-refractivity contribution < 1.29 is 14.4 Å². The molecular formula is C20H27ClN6O3S. The second kappa shape index (κ2) is 9.60. The molecule has 0 unspecified atom stereocenters. The Morgan fingerprint density at radius 1 is 0.968 bits per heavy atom. The van der Waals surface area contributed by atoms with Gasteiger partial charge in [0.1, 0.15) is 11.0 Å². The van der Waals surface area contributed by atoms with Crippen LogP contribution < -0.4 is 4.90 Å². The second-order valence-corrected chi connectivity index (χ2v) is 9.42. The molecule has 1 aromatic heterocycles. The van der Waals surface area contributed by atoms with E-state index in [4.69, 9.17) is 11.6 Å². The fraction of sp³-hybridized carbons (Fsp3) is 0.650. The molecule has 168 valence electrons. The van der Waals surface area contributed by atoms with E-state index in [9.17, 15) is 14.4 Å². The smallest absolute Gasteiger partial charge is 0.233 e. The molecule has 9 nitrogen and oxygen atoms in total. The normalized spacial score (nSPS) is 19.5. The van der Waals surface area contributed by atoms with Crippen molar-refractivity contribution >= 4 is 46.9 Å². The van der Waals surface area contributed by atoms with E-state index in [0.29, 0.717) is 62.7 Å². The number of thioether (sulfide) groups is 1. The largest absolute Gasteiger partial charge is 0.353 e. The Kier molecular flexibility index (Phi) is 6.86. The molecule has 3 amide bonds. The number of anilines is 1. The zero-order chi connectivity index (χ0) is 22.0. The number of piperazine rings is 2. The van der Waals surface area contributed by atoms with Crippen LogP contribution in [0.1, 0.15) is 19.8 Å². The van der Waals surface area contributed by atoms with Crippen molar-refractivity contribution in [2.45, 2.75) is 24.9 Å². The van der Waals surface area contributed by atoms with E-state index in [1.54, 1.807) is 22.8 Å². The van der Waals surface area contributed by atoms with Gasteiger partial charge in [-0.05, 0) is 12.8 Å². The Morgan fingerprint density at radius 2 is 1.58 bits per heavy atom. The van der Waals surface area contributed by atoms with Crippen molar-refractivity contribution in [3.8, 4) is 0 Å². The third-order valence-electron chi connectivity index (χ3n) is 5.91. The molecule has 0 N–H and O–H groups in total. The van der Waals surface area contributed by atoms with E-state index in [1.165, 1.54) is 11.8 Å². The number of rotatable bonds is 5. The predicted molar refractivity (Wildman–Crippen MR) is 118 cm³/mol. The summed E-state index contributed by atoms with van der Waals surface area (Å²) in [5.41, 5.74) is 0. The molecule has 3 aliphatic rings. The maximum absolute atomic E-state index is 12.5. The van der Waals surface area contributed by atoms with Gasteiger partial charge in [0.05, 0.1) is 5.75 Å². The molecule has 0 radical (unpaired) electrons. The van der Waals surface area contributed by atoms with Crippen molar-refractivity contribution in [3.63, 3.8) is 0 Å². The Hall–Kier alpha value is -2.07. The first-order valence-corrected chi connectivity index (χ1v) is 12.0. The molecule has 1 aromatic rings. The summed E-state index contributed by atoms with van der Waals surface area (Å²) in [5.74, 6) is 1.52. The highest BCUT2D eigenvalue weighted by Gasteiger charge is 2.34. The molecule has 0 bridgehead atoms. The minimum absolute atomic E-state index is 0.00512. The molecule has 2 saturated heterocycles. The molecule has 2 aliphatic heterocycles. The first-order chi connectivity index (χ1) is 14.9. The van der Waals surface area contributed by atoms with Crippen molar-refractivity contribution in [3.05, 3.63) is 11.2 Å². The van der Waals surface area contributed by atoms with Crippen molar-refractivity contribution in [2.24, 2.45) is 5.92 Å². The lowest BCUT2D eigenvalue weighted by molar-refractivity contribution is -0.136. The predicted octanol–water partition coefficient (Wildman–Crippen LogP) is 0.971. The fourth-order valence-electron chi connectivity index (χ4n) is 3.84. The van der Waals surface area contributed by atoms with Crippen LogP contribution in [0.25, 0.3) is 0 Å². The van der Waals surface area contributed by atoms with Gasteiger partial charge in [-0.25, -0.2) is 9.97 Å². The fourth-order valence-corrected chi connectivity index (χ4v) is 4.83. The van der Waals surface area contributed by atoms with Gasteiger partial charge in [0, 0.05) is 71.3 Å². The van der Waals surface area contributed by atoms with E-state index in [0.717, 1.165) is 18.7 Å². The van der Waals surface area contributed by atoms with Gasteiger partial charge < -0.3 is 19.6 Å². The number of carbonyl (C=O) groups excluding carboxylic acids is 3. The molecule has 3 fully saturated rings. The molecule has 1 aliphatic carbocycles. The summed E-state index contributed by atoms with van der Waals surface area (Å²) in [6, 6.07) is 1.73. The van der Waals surface area contributed by atoms with E-state index >= 15 is 0 Å². The van der Waals surface area contributed by atoms with E-state index < -0.39 is 0 Å². The van der Waals surface area contributed by atoms with Crippen LogP contribution in [-0.2, 0) is 14.4 Å². The van der Waals surface area contributed by atoms with Crippen LogP contribution in [-0.4, -0.2) is 101 Å². The Balaban J connectivity index is 1.29. The molecule has 3 heterocycles. The van der Waals surface area contributed by atoms with Crippen LogP contribution in [0.3, 0.4) is 0 Å². The third-order valence-corrected chi connectivity index (χ3v) is 6.93. The van der Waals surface area contributed by atoms with Crippen molar-refractivity contribution in [1.82, 2.24) is 24.7 Å². The van der Waals surface area contributed by atoms with E-state index in [1.807, 2.05) is 4.90 Å². The number of hydrogen-bond donors (Lipinski definition) is 0. The molecule has 0 aromatic carbocycles. The van der Waals surface area contributed by atoms with Crippen LogP contribution in [0, 0.1) is 5.92 Å². The van der Waals surface area contributed by atoms with E-state index in [-0.39, 0.29) is 29.4 Å². The number of nitrogens with zero attached hydrogens (tertiary/aromatic N) is 6. The lowest BCUT2D eigenvalue weighted by atomic mass is 10.2. The molecule has 31 heavy (non-hydrogen) atoms. The molecule has 1 saturated carbocycles. The van der Waals surface area contributed by atoms with Gasteiger partial charge in [0.15, 0.2) is 5.16 Å². The first-order valence-electron chi connectivity index (χ1n) is 10.6. The highest BCUT2D eigenvalue weighted by molar-refractivity contribution is 7.99. The molecule has 11 heteroatoms. The highest BCUT2D eigenvalue weighted by Crippen LogP contribution is 2.31. The molecular weight excluding hydrogens is 440 g/mol. The summed E-state index contributed by atoms with van der Waals surface area (Å²) in [7, 11) is 0. The van der Waals surface area contributed by atoms with Gasteiger partial charge in [0.25, 0.3) is 0 Å². The summed E-state index contributed by atoms with van der Waals surface area (Å²) in [5, 5.41) is 0.807. The average molecular weight is 467 g/mol. The highest BCUT2D eigenvalue weighted by atomic mass is 35.5. The number of aromatic nitrogens is 2. The maximum Gasteiger partial charge on any atom is 0.233 e. The molecule has 0 atom stereocenters. The van der Waals surface area contributed by atoms with Gasteiger partial charge in [-0.2, -0.15) is 0 Å². The van der Waals surface area contributed by atoms with Gasteiger partial charge in [-0.15, -0.1) is 0 Å². The van der Waals surface area contributed by atoms with Crippen LogP contribution >= 0.6 is 23.4 Å². The minimum Gasteiger partial charge on any atom is -0.353 e. The Labute approximate surface area is 191 Å². The lowest BCUT2D eigenvalue weighted by Crippen LogP contribution is -2.50. The van der Waals surface area contributed by atoms with Gasteiger partial charge in [-0.3, -0.25) is 14.4 Å². The summed E-state index contributed by atoms with van der Waals surface area (Å²) < 4.78 is 0. The average Bonchev–Trinajstić information content (AvgIpc) is 3.62. The van der Waals surface area contributed by atoms with Gasteiger partial charge in [-0.1, -0.05) is 23.4 Å². The SMILES string of the molecule is CC(=O)N1CCN(C(=O)CSc2nc(Cl)cc(N3CCN(C(=O)C4CC4)CC3)n2)CC1. The number of halogens is 1. The van der Waals surface area contributed by atoms with Gasteiger partial charge >= 0.3 is 0 Å². The Bertz CT molecular complexity index is 851. The van der Waals surface area contributed by atoms with Gasteiger partial charge in [0.2, 0.25) is 17.7 Å². The number of carbonyl (C=O) groups is 3. The summed E-state index contributed by atoms with van der Waals surface area (Å²) >= 11 is 7.49. The zero-order valence-electron chi connectivity index (χ0n) is 17.6. The summed E-state index contributed by atoms with van der Waals surface area (Å²) in [6.07, 6.45) is 2.04. The third kappa shape index (κ3) is 5.60. The van der Waals surface area contributed by atoms with Crippen LogP contribution in [0.2, 0.25) is 5.15 Å². The number of amides is 3. The summed E-state index contributed by atoms with van der Waals surface area (Å²) in [4.78, 5) is 52.6. The topological polar surface area (TPSA) is 90.0 Å². The zero-order valence-corrected chi connectivity index (χ0v) is 19.2.